The number of fused-ring (bicyclic) bond motifs is 1. The molecule has 1 aliphatic rings. The molecule has 0 saturated heterocycles. The summed E-state index contributed by atoms with van der Waals surface area (Å²) in [4.78, 5) is 29.5. The predicted octanol–water partition coefficient (Wildman–Crippen LogP) is 3.62. The second kappa shape index (κ2) is 12.9. The van der Waals surface area contributed by atoms with Crippen molar-refractivity contribution in [1.29, 1.82) is 0 Å². The lowest BCUT2D eigenvalue weighted by Gasteiger charge is -2.30. The molecule has 1 N–H and O–H groups in total. The molecule has 0 bridgehead atoms. The molecular weight excluding hydrogens is 492 g/mol. The summed E-state index contributed by atoms with van der Waals surface area (Å²) >= 11 is 0. The quantitative estimate of drug-likeness (QED) is 0.577. The minimum absolute atomic E-state index is 0. The van der Waals surface area contributed by atoms with Crippen molar-refractivity contribution in [3.8, 4) is 0 Å². The number of rotatable bonds is 8. The first-order chi connectivity index (χ1) is 15.2. The van der Waals surface area contributed by atoms with Gasteiger partial charge >= 0.3 is 12.1 Å². The lowest BCUT2D eigenvalue weighted by atomic mass is 10.1. The van der Waals surface area contributed by atoms with E-state index in [4.69, 9.17) is 0 Å². The highest BCUT2D eigenvalue weighted by atomic mass is 35.5. The van der Waals surface area contributed by atoms with Gasteiger partial charge in [0.25, 0.3) is 0 Å². The van der Waals surface area contributed by atoms with Gasteiger partial charge in [0.15, 0.2) is 0 Å². The number of carbonyl (C=O) groups is 2. The highest BCUT2D eigenvalue weighted by Gasteiger charge is 2.44. The number of nitrogens with one attached hydrogen (secondary N) is 1. The van der Waals surface area contributed by atoms with Gasteiger partial charge in [-0.15, -0.1) is 24.8 Å². The van der Waals surface area contributed by atoms with E-state index in [1.807, 2.05) is 49.3 Å². The normalized spacial score (nSPS) is 12.4. The SMILES string of the molecule is CN(C)CCN(Cc1ccccc1)C(=O)CN(C(=O)C(F)(F)F)c1cccc2c1CNC2.Cl.Cl. The van der Waals surface area contributed by atoms with Crippen LogP contribution in [-0.2, 0) is 29.2 Å². The Morgan fingerprint density at radius 2 is 1.62 bits per heavy atom. The average Bonchev–Trinajstić information content (AvgIpc) is 3.23. The first-order valence-corrected chi connectivity index (χ1v) is 10.3. The van der Waals surface area contributed by atoms with Crippen LogP contribution in [0.25, 0.3) is 0 Å². The molecule has 11 heteroatoms. The predicted molar refractivity (Wildman–Crippen MR) is 130 cm³/mol. The van der Waals surface area contributed by atoms with E-state index >= 15 is 0 Å². The van der Waals surface area contributed by atoms with Crippen LogP contribution in [0.3, 0.4) is 0 Å². The van der Waals surface area contributed by atoms with Crippen molar-refractivity contribution in [2.45, 2.75) is 25.8 Å². The second-order valence-electron chi connectivity index (χ2n) is 8.01. The van der Waals surface area contributed by atoms with E-state index in [-0.39, 0.29) is 37.0 Å². The Labute approximate surface area is 209 Å². The molecule has 0 saturated carbocycles. The third-order valence-electron chi connectivity index (χ3n) is 5.32. The van der Waals surface area contributed by atoms with Crippen molar-refractivity contribution in [1.82, 2.24) is 15.1 Å². The standard InChI is InChI=1S/C23H27F3N4O2.2ClH/c1-28(2)11-12-29(15-17-7-4-3-5-8-17)21(31)16-30(22(32)23(24,25)26)20-10-6-9-18-13-27-14-19(18)20;;/h3-10,27H,11-16H2,1-2H3;2*1H. The van der Waals surface area contributed by atoms with E-state index in [1.54, 1.807) is 12.1 Å². The zero-order chi connectivity index (χ0) is 23.3. The van der Waals surface area contributed by atoms with Gasteiger partial charge in [0, 0.05) is 38.4 Å². The summed E-state index contributed by atoms with van der Waals surface area (Å²) in [5.41, 5.74) is 2.41. The Kier molecular flexibility index (Phi) is 11.3. The molecule has 0 spiro atoms. The molecule has 0 radical (unpaired) electrons. The number of anilines is 1. The molecule has 0 unspecified atom stereocenters. The summed E-state index contributed by atoms with van der Waals surface area (Å²) in [5.74, 6) is -2.59. The van der Waals surface area contributed by atoms with Crippen LogP contribution in [0.1, 0.15) is 16.7 Å². The van der Waals surface area contributed by atoms with Crippen LogP contribution in [0.15, 0.2) is 48.5 Å². The van der Waals surface area contributed by atoms with Gasteiger partial charge in [-0.1, -0.05) is 42.5 Å². The first-order valence-electron chi connectivity index (χ1n) is 10.3. The van der Waals surface area contributed by atoms with E-state index in [2.05, 4.69) is 5.32 Å². The van der Waals surface area contributed by atoms with Crippen LogP contribution >= 0.6 is 24.8 Å². The van der Waals surface area contributed by atoms with Gasteiger partial charge in [0.1, 0.15) is 6.54 Å². The summed E-state index contributed by atoms with van der Waals surface area (Å²) in [6.45, 7) is 1.27. The van der Waals surface area contributed by atoms with E-state index < -0.39 is 24.5 Å². The fourth-order valence-corrected chi connectivity index (χ4v) is 3.64. The number of halogens is 5. The number of amides is 2. The van der Waals surface area contributed by atoms with Crippen LogP contribution in [0, 0.1) is 0 Å². The fourth-order valence-electron chi connectivity index (χ4n) is 3.64. The molecule has 1 aliphatic heterocycles. The van der Waals surface area contributed by atoms with Crippen molar-refractivity contribution in [2.75, 3.05) is 38.6 Å². The maximum atomic E-state index is 13.5. The first kappa shape index (κ1) is 29.7. The van der Waals surface area contributed by atoms with Crippen LogP contribution in [-0.4, -0.2) is 61.5 Å². The van der Waals surface area contributed by atoms with Crippen molar-refractivity contribution < 1.29 is 22.8 Å². The maximum Gasteiger partial charge on any atom is 0.471 e. The van der Waals surface area contributed by atoms with Gasteiger partial charge in [0.2, 0.25) is 5.91 Å². The van der Waals surface area contributed by atoms with Crippen LogP contribution in [0.4, 0.5) is 18.9 Å². The van der Waals surface area contributed by atoms with Crippen LogP contribution < -0.4 is 10.2 Å². The fraction of sp³-hybridized carbons (Fsp3) is 0.391. The van der Waals surface area contributed by atoms with Crippen molar-refractivity contribution >= 4 is 42.3 Å². The molecule has 3 rings (SSSR count). The Bertz CT molecular complexity index is 959. The molecule has 0 aliphatic carbocycles. The summed E-state index contributed by atoms with van der Waals surface area (Å²) in [5, 5.41) is 3.08. The molecule has 6 nitrogen and oxygen atoms in total. The summed E-state index contributed by atoms with van der Waals surface area (Å²) in [6, 6.07) is 14.1. The number of nitrogens with zero attached hydrogens (tertiary/aromatic N) is 3. The number of benzene rings is 2. The molecule has 0 fully saturated rings. The number of hydrogen-bond donors (Lipinski definition) is 1. The molecule has 188 valence electrons. The number of alkyl halides is 3. The summed E-state index contributed by atoms with van der Waals surface area (Å²) in [7, 11) is 3.70. The summed E-state index contributed by atoms with van der Waals surface area (Å²) in [6.07, 6.45) is -5.09. The third-order valence-corrected chi connectivity index (χ3v) is 5.32. The number of likely N-dealkylation sites (N-methyl/N-ethyl adjacent to an activating group) is 1. The molecule has 2 aromatic rings. The van der Waals surface area contributed by atoms with E-state index in [9.17, 15) is 22.8 Å². The zero-order valence-electron chi connectivity index (χ0n) is 19.0. The molecule has 0 aromatic heterocycles. The van der Waals surface area contributed by atoms with Crippen LogP contribution in [0.2, 0.25) is 0 Å². The highest BCUT2D eigenvalue weighted by Crippen LogP contribution is 2.31. The smallest absolute Gasteiger partial charge is 0.336 e. The number of hydrogen-bond acceptors (Lipinski definition) is 4. The average molecular weight is 521 g/mol. The van der Waals surface area contributed by atoms with Crippen molar-refractivity contribution in [2.24, 2.45) is 0 Å². The van der Waals surface area contributed by atoms with Crippen molar-refractivity contribution in [3.63, 3.8) is 0 Å². The Morgan fingerprint density at radius 1 is 0.941 bits per heavy atom. The number of carbonyl (C=O) groups excluding carboxylic acids is 2. The lowest BCUT2D eigenvalue weighted by molar-refractivity contribution is -0.170. The van der Waals surface area contributed by atoms with Gasteiger partial charge in [-0.2, -0.15) is 13.2 Å². The Balaban J connectivity index is 0.00000289. The molecule has 34 heavy (non-hydrogen) atoms. The topological polar surface area (TPSA) is 55.9 Å². The third kappa shape index (κ3) is 7.59. The second-order valence-corrected chi connectivity index (χ2v) is 8.01. The van der Waals surface area contributed by atoms with E-state index in [0.29, 0.717) is 36.6 Å². The van der Waals surface area contributed by atoms with Crippen molar-refractivity contribution in [3.05, 3.63) is 65.2 Å². The highest BCUT2D eigenvalue weighted by molar-refractivity contribution is 6.02. The minimum Gasteiger partial charge on any atom is -0.336 e. The molecule has 0 atom stereocenters. The van der Waals surface area contributed by atoms with Gasteiger partial charge in [0.05, 0.1) is 0 Å². The molecule has 2 amide bonds. The largest absolute Gasteiger partial charge is 0.471 e. The van der Waals surface area contributed by atoms with E-state index in [0.717, 1.165) is 11.1 Å². The van der Waals surface area contributed by atoms with Gasteiger partial charge in [-0.05, 0) is 36.9 Å². The maximum absolute atomic E-state index is 13.5. The molecule has 2 aromatic carbocycles. The van der Waals surface area contributed by atoms with Gasteiger partial charge < -0.3 is 15.1 Å². The van der Waals surface area contributed by atoms with Crippen LogP contribution in [0.5, 0.6) is 0 Å². The van der Waals surface area contributed by atoms with Gasteiger partial charge in [-0.3, -0.25) is 14.5 Å². The van der Waals surface area contributed by atoms with Gasteiger partial charge in [-0.25, -0.2) is 0 Å². The minimum atomic E-state index is -5.09. The molecule has 1 heterocycles. The monoisotopic (exact) mass is 520 g/mol. The zero-order valence-corrected chi connectivity index (χ0v) is 20.6. The molecular formula is C23H29Cl2F3N4O2. The van der Waals surface area contributed by atoms with E-state index in [1.165, 1.54) is 11.0 Å². The Hall–Kier alpha value is -2.33. The summed E-state index contributed by atoms with van der Waals surface area (Å²) < 4.78 is 40.4. The lowest BCUT2D eigenvalue weighted by Crippen LogP contribution is -2.48. The Morgan fingerprint density at radius 3 is 2.24 bits per heavy atom.